The molecule has 0 aliphatic carbocycles. The van der Waals surface area contributed by atoms with Gasteiger partial charge in [0.25, 0.3) is 0 Å². The number of fused-ring (bicyclic) bond motifs is 1. The van der Waals surface area contributed by atoms with E-state index in [2.05, 4.69) is 27.4 Å². The first-order valence-corrected chi connectivity index (χ1v) is 9.35. The van der Waals surface area contributed by atoms with Gasteiger partial charge in [-0.25, -0.2) is 0 Å². The lowest BCUT2D eigenvalue weighted by Gasteiger charge is -2.28. The van der Waals surface area contributed by atoms with Crippen molar-refractivity contribution in [1.29, 1.82) is 0 Å². The van der Waals surface area contributed by atoms with E-state index in [0.717, 1.165) is 25.4 Å². The number of nitrogens with one attached hydrogen (secondary N) is 1. The molecular formula is C19H23ClN4O2. The molecule has 3 atom stereocenters. The molecule has 2 saturated heterocycles. The highest BCUT2D eigenvalue weighted by Crippen LogP contribution is 2.43. The van der Waals surface area contributed by atoms with Crippen LogP contribution in [0.3, 0.4) is 0 Å². The Morgan fingerprint density at radius 2 is 2.15 bits per heavy atom. The molecule has 6 nitrogen and oxygen atoms in total. The van der Waals surface area contributed by atoms with Gasteiger partial charge in [0, 0.05) is 44.7 Å². The van der Waals surface area contributed by atoms with Gasteiger partial charge in [0.15, 0.2) is 0 Å². The van der Waals surface area contributed by atoms with E-state index in [1.165, 1.54) is 5.56 Å². The zero-order chi connectivity index (χ0) is 18.1. The Morgan fingerprint density at radius 1 is 1.35 bits per heavy atom. The Balaban J connectivity index is 1.51. The van der Waals surface area contributed by atoms with Crippen LogP contribution in [-0.2, 0) is 11.3 Å². The van der Waals surface area contributed by atoms with Crippen LogP contribution in [0.15, 0.2) is 36.7 Å². The maximum Gasteiger partial charge on any atom is 0.224 e. The van der Waals surface area contributed by atoms with Crippen LogP contribution >= 0.6 is 11.6 Å². The number of rotatable bonds is 5. The third kappa shape index (κ3) is 3.31. The van der Waals surface area contributed by atoms with Gasteiger partial charge in [-0.2, -0.15) is 5.10 Å². The molecule has 26 heavy (non-hydrogen) atoms. The van der Waals surface area contributed by atoms with Gasteiger partial charge in [0.05, 0.1) is 24.4 Å². The van der Waals surface area contributed by atoms with Gasteiger partial charge in [-0.05, 0) is 23.6 Å². The minimum Gasteiger partial charge on any atom is -0.497 e. The van der Waals surface area contributed by atoms with Crippen LogP contribution < -0.4 is 10.1 Å². The number of ether oxygens (including phenoxy) is 1. The summed E-state index contributed by atoms with van der Waals surface area (Å²) < 4.78 is 6.99. The van der Waals surface area contributed by atoms with Crippen molar-refractivity contribution in [3.63, 3.8) is 0 Å². The summed E-state index contributed by atoms with van der Waals surface area (Å²) in [5.41, 5.74) is 1.18. The lowest BCUT2D eigenvalue weighted by Crippen LogP contribution is -2.35. The van der Waals surface area contributed by atoms with Gasteiger partial charge in [0.1, 0.15) is 5.75 Å². The molecule has 7 heteroatoms. The first-order chi connectivity index (χ1) is 12.7. The fraction of sp³-hybridized carbons (Fsp3) is 0.474. The summed E-state index contributed by atoms with van der Waals surface area (Å²) in [5.74, 6) is 1.99. The monoisotopic (exact) mass is 374 g/mol. The van der Waals surface area contributed by atoms with Crippen LogP contribution in [0.25, 0.3) is 0 Å². The van der Waals surface area contributed by atoms with Crippen molar-refractivity contribution in [2.45, 2.75) is 19.0 Å². The number of amides is 1. The standard InChI is InChI=1S/C19H23ClN4O2/c1-26-16-4-2-13(3-5-16)19-17-10-21-8-14(17)11-24(19)18(25)6-7-23-12-15(20)9-22-23/h2-5,9,12,14,17,19,21H,6-8,10-11H2,1H3/t14-,17-,19-/m0/s1. The number of carbonyl (C=O) groups is 1. The van der Waals surface area contributed by atoms with E-state index < -0.39 is 0 Å². The van der Waals surface area contributed by atoms with E-state index in [1.54, 1.807) is 24.2 Å². The number of carbonyl (C=O) groups excluding carboxylic acids is 1. The van der Waals surface area contributed by atoms with Crippen LogP contribution in [0.4, 0.5) is 0 Å². The van der Waals surface area contributed by atoms with E-state index in [9.17, 15) is 4.79 Å². The Morgan fingerprint density at radius 3 is 2.85 bits per heavy atom. The number of benzene rings is 1. The average Bonchev–Trinajstić information content (AvgIpc) is 3.35. The van der Waals surface area contributed by atoms with Crippen molar-refractivity contribution in [2.24, 2.45) is 11.8 Å². The molecule has 0 radical (unpaired) electrons. The van der Waals surface area contributed by atoms with Gasteiger partial charge >= 0.3 is 0 Å². The maximum atomic E-state index is 13.0. The van der Waals surface area contributed by atoms with E-state index in [1.807, 2.05) is 12.1 Å². The third-order valence-corrected chi connectivity index (χ3v) is 5.69. The fourth-order valence-corrected chi connectivity index (χ4v) is 4.38. The number of hydrogen-bond donors (Lipinski definition) is 1. The van der Waals surface area contributed by atoms with E-state index in [0.29, 0.717) is 29.8 Å². The van der Waals surface area contributed by atoms with Gasteiger partial charge in [0.2, 0.25) is 5.91 Å². The molecule has 0 bridgehead atoms. The van der Waals surface area contributed by atoms with E-state index in [-0.39, 0.29) is 11.9 Å². The molecule has 3 heterocycles. The van der Waals surface area contributed by atoms with Crippen molar-refractivity contribution in [2.75, 3.05) is 26.7 Å². The summed E-state index contributed by atoms with van der Waals surface area (Å²) in [4.78, 5) is 15.0. The number of hydrogen-bond acceptors (Lipinski definition) is 4. The topological polar surface area (TPSA) is 59.4 Å². The Hall–Kier alpha value is -2.05. The number of halogens is 1. The lowest BCUT2D eigenvalue weighted by atomic mass is 9.89. The van der Waals surface area contributed by atoms with Gasteiger partial charge in [-0.3, -0.25) is 9.48 Å². The van der Waals surface area contributed by atoms with E-state index >= 15 is 0 Å². The molecule has 138 valence electrons. The second-order valence-electron chi connectivity index (χ2n) is 7.02. The summed E-state index contributed by atoms with van der Waals surface area (Å²) in [6, 6.07) is 8.23. The largest absolute Gasteiger partial charge is 0.497 e. The Bertz CT molecular complexity index is 776. The van der Waals surface area contributed by atoms with Gasteiger partial charge < -0.3 is 15.0 Å². The second-order valence-corrected chi connectivity index (χ2v) is 7.45. The summed E-state index contributed by atoms with van der Waals surface area (Å²) in [6.45, 7) is 3.30. The summed E-state index contributed by atoms with van der Waals surface area (Å²) >= 11 is 5.90. The number of likely N-dealkylation sites (tertiary alicyclic amines) is 1. The number of methoxy groups -OCH3 is 1. The zero-order valence-electron chi connectivity index (χ0n) is 14.8. The minimum atomic E-state index is 0.120. The van der Waals surface area contributed by atoms with Crippen LogP contribution in [-0.4, -0.2) is 47.3 Å². The zero-order valence-corrected chi connectivity index (χ0v) is 15.5. The molecule has 2 fully saturated rings. The predicted octanol–water partition coefficient (Wildman–Crippen LogP) is 2.35. The molecular weight excluding hydrogens is 352 g/mol. The first kappa shape index (κ1) is 17.4. The van der Waals surface area contributed by atoms with Crippen LogP contribution in [0.5, 0.6) is 5.75 Å². The van der Waals surface area contributed by atoms with Crippen LogP contribution in [0, 0.1) is 11.8 Å². The Labute approximate surface area is 158 Å². The average molecular weight is 375 g/mol. The summed E-state index contributed by atoms with van der Waals surface area (Å²) in [6.07, 6.45) is 3.77. The highest BCUT2D eigenvalue weighted by Gasteiger charge is 2.46. The molecule has 1 N–H and O–H groups in total. The fourth-order valence-electron chi connectivity index (χ4n) is 4.22. The molecule has 2 aromatic rings. The van der Waals surface area contributed by atoms with Crippen molar-refractivity contribution in [3.05, 3.63) is 47.2 Å². The molecule has 0 saturated carbocycles. The van der Waals surface area contributed by atoms with Crippen LogP contribution in [0.1, 0.15) is 18.0 Å². The Kier molecular flexibility index (Phi) is 4.87. The van der Waals surface area contributed by atoms with Gasteiger partial charge in [-0.15, -0.1) is 0 Å². The normalized spacial score (nSPS) is 24.7. The predicted molar refractivity (Wildman–Crippen MR) is 99.2 cm³/mol. The SMILES string of the molecule is COc1ccc([C@H]2[C@H]3CNC[C@H]3CN2C(=O)CCn2cc(Cl)cn2)cc1. The summed E-state index contributed by atoms with van der Waals surface area (Å²) in [5, 5.41) is 8.23. The number of aromatic nitrogens is 2. The van der Waals surface area contributed by atoms with Crippen LogP contribution in [0.2, 0.25) is 5.02 Å². The highest BCUT2D eigenvalue weighted by molar-refractivity contribution is 6.30. The number of aryl methyl sites for hydroxylation is 1. The molecule has 0 unspecified atom stereocenters. The van der Waals surface area contributed by atoms with Crippen molar-refractivity contribution in [1.82, 2.24) is 20.0 Å². The highest BCUT2D eigenvalue weighted by atomic mass is 35.5. The van der Waals surface area contributed by atoms with Crippen molar-refractivity contribution in [3.8, 4) is 5.75 Å². The molecule has 1 aromatic carbocycles. The van der Waals surface area contributed by atoms with Gasteiger partial charge in [-0.1, -0.05) is 23.7 Å². The lowest BCUT2D eigenvalue weighted by molar-refractivity contribution is -0.133. The smallest absolute Gasteiger partial charge is 0.224 e. The third-order valence-electron chi connectivity index (χ3n) is 5.50. The first-order valence-electron chi connectivity index (χ1n) is 8.98. The molecule has 1 amide bonds. The van der Waals surface area contributed by atoms with Crippen molar-refractivity contribution < 1.29 is 9.53 Å². The maximum absolute atomic E-state index is 13.0. The second kappa shape index (κ2) is 7.29. The molecule has 1 aromatic heterocycles. The molecule has 0 spiro atoms. The minimum absolute atomic E-state index is 0.120. The molecule has 2 aliphatic rings. The summed E-state index contributed by atoms with van der Waals surface area (Å²) in [7, 11) is 1.67. The quantitative estimate of drug-likeness (QED) is 0.872. The number of nitrogens with zero attached hydrogens (tertiary/aromatic N) is 3. The molecule has 2 aliphatic heterocycles. The molecule has 4 rings (SSSR count). The van der Waals surface area contributed by atoms with E-state index in [4.69, 9.17) is 16.3 Å². The van der Waals surface area contributed by atoms with Crippen molar-refractivity contribution >= 4 is 17.5 Å².